The van der Waals surface area contributed by atoms with Gasteiger partial charge in [-0.05, 0) is 43.4 Å². The standard InChI is InChI=1S/C14H22N2S2/c1-4-14(5-2,18-3)11-15-13(17)16-12-9-7-6-8-10-12/h6-10H,4-5,11H2,1-3H3,(H2,15,16,17). The minimum atomic E-state index is 0.280. The largest absolute Gasteiger partial charge is 0.361 e. The van der Waals surface area contributed by atoms with Crippen LogP contribution in [0.5, 0.6) is 0 Å². The van der Waals surface area contributed by atoms with Gasteiger partial charge in [0.1, 0.15) is 0 Å². The molecule has 0 heterocycles. The zero-order chi connectivity index (χ0) is 13.4. The van der Waals surface area contributed by atoms with E-state index in [2.05, 4.69) is 30.7 Å². The van der Waals surface area contributed by atoms with Crippen LogP contribution in [0.2, 0.25) is 0 Å². The van der Waals surface area contributed by atoms with Crippen LogP contribution in [0.3, 0.4) is 0 Å². The molecule has 0 amide bonds. The third-order valence-corrected chi connectivity index (χ3v) is 5.16. The zero-order valence-electron chi connectivity index (χ0n) is 11.3. The van der Waals surface area contributed by atoms with Crippen LogP contribution in [0.25, 0.3) is 0 Å². The lowest BCUT2D eigenvalue weighted by atomic mass is 10.0. The molecule has 0 aliphatic carbocycles. The van der Waals surface area contributed by atoms with Gasteiger partial charge in [-0.2, -0.15) is 11.8 Å². The number of anilines is 1. The average Bonchev–Trinajstić information content (AvgIpc) is 2.42. The van der Waals surface area contributed by atoms with E-state index in [1.54, 1.807) is 0 Å². The van der Waals surface area contributed by atoms with Crippen LogP contribution in [-0.4, -0.2) is 22.7 Å². The molecule has 0 aliphatic heterocycles. The van der Waals surface area contributed by atoms with Gasteiger partial charge in [-0.15, -0.1) is 0 Å². The molecule has 4 heteroatoms. The minimum absolute atomic E-state index is 0.280. The van der Waals surface area contributed by atoms with Crippen LogP contribution >= 0.6 is 24.0 Å². The highest BCUT2D eigenvalue weighted by Crippen LogP contribution is 2.29. The van der Waals surface area contributed by atoms with Gasteiger partial charge in [0.25, 0.3) is 0 Å². The summed E-state index contributed by atoms with van der Waals surface area (Å²) in [4.78, 5) is 0. The topological polar surface area (TPSA) is 24.1 Å². The second kappa shape index (κ2) is 7.64. The van der Waals surface area contributed by atoms with Crippen LogP contribution in [0.1, 0.15) is 26.7 Å². The van der Waals surface area contributed by atoms with Crippen LogP contribution in [0.15, 0.2) is 30.3 Å². The molecular weight excluding hydrogens is 260 g/mol. The van der Waals surface area contributed by atoms with Gasteiger partial charge in [-0.3, -0.25) is 0 Å². The van der Waals surface area contributed by atoms with Crippen LogP contribution < -0.4 is 10.6 Å². The zero-order valence-corrected chi connectivity index (χ0v) is 13.0. The Bertz CT molecular complexity index is 353. The van der Waals surface area contributed by atoms with Gasteiger partial charge < -0.3 is 10.6 Å². The Hall–Kier alpha value is -0.740. The maximum Gasteiger partial charge on any atom is 0.170 e. The van der Waals surface area contributed by atoms with Crippen molar-refractivity contribution >= 4 is 34.8 Å². The highest BCUT2D eigenvalue weighted by Gasteiger charge is 2.24. The number of benzene rings is 1. The lowest BCUT2D eigenvalue weighted by Crippen LogP contribution is -2.41. The van der Waals surface area contributed by atoms with Gasteiger partial charge >= 0.3 is 0 Å². The summed E-state index contributed by atoms with van der Waals surface area (Å²) in [7, 11) is 0. The van der Waals surface area contributed by atoms with E-state index in [9.17, 15) is 0 Å². The summed E-state index contributed by atoms with van der Waals surface area (Å²) < 4.78 is 0.280. The first-order valence-electron chi connectivity index (χ1n) is 6.31. The maximum absolute atomic E-state index is 5.32. The molecule has 100 valence electrons. The number of thioether (sulfide) groups is 1. The van der Waals surface area contributed by atoms with Gasteiger partial charge in [-0.25, -0.2) is 0 Å². The molecule has 0 aliphatic rings. The van der Waals surface area contributed by atoms with Crippen molar-refractivity contribution in [3.63, 3.8) is 0 Å². The molecule has 0 bridgehead atoms. The van der Waals surface area contributed by atoms with E-state index >= 15 is 0 Å². The van der Waals surface area contributed by atoms with Crippen molar-refractivity contribution in [1.82, 2.24) is 5.32 Å². The van der Waals surface area contributed by atoms with Crippen LogP contribution in [-0.2, 0) is 0 Å². The first-order chi connectivity index (χ1) is 8.65. The average molecular weight is 282 g/mol. The molecule has 0 fully saturated rings. The molecule has 0 spiro atoms. The highest BCUT2D eigenvalue weighted by molar-refractivity contribution is 8.00. The van der Waals surface area contributed by atoms with Crippen molar-refractivity contribution in [2.75, 3.05) is 18.1 Å². The van der Waals surface area contributed by atoms with Crippen molar-refractivity contribution < 1.29 is 0 Å². The number of rotatable bonds is 6. The quantitative estimate of drug-likeness (QED) is 0.773. The molecule has 1 rings (SSSR count). The van der Waals surface area contributed by atoms with Gasteiger partial charge in [-0.1, -0.05) is 32.0 Å². The molecule has 0 saturated heterocycles. The Labute approximate surface area is 120 Å². The molecule has 1 aromatic rings. The highest BCUT2D eigenvalue weighted by atomic mass is 32.2. The third kappa shape index (κ3) is 4.50. The fourth-order valence-corrected chi connectivity index (χ4v) is 2.78. The summed E-state index contributed by atoms with van der Waals surface area (Å²) in [6.45, 7) is 5.37. The van der Waals surface area contributed by atoms with E-state index in [0.717, 1.165) is 25.1 Å². The predicted molar refractivity (Wildman–Crippen MR) is 87.5 cm³/mol. The Morgan fingerprint density at radius 1 is 1.22 bits per heavy atom. The molecule has 2 nitrogen and oxygen atoms in total. The van der Waals surface area contributed by atoms with E-state index in [1.807, 2.05) is 42.1 Å². The van der Waals surface area contributed by atoms with Gasteiger partial charge in [0.15, 0.2) is 5.11 Å². The van der Waals surface area contributed by atoms with Gasteiger partial charge in [0, 0.05) is 17.0 Å². The number of hydrogen-bond donors (Lipinski definition) is 2. The molecule has 0 radical (unpaired) electrons. The lowest BCUT2D eigenvalue weighted by Gasteiger charge is -2.30. The van der Waals surface area contributed by atoms with Crippen molar-refractivity contribution in [2.24, 2.45) is 0 Å². The fourth-order valence-electron chi connectivity index (χ4n) is 1.80. The van der Waals surface area contributed by atoms with E-state index < -0.39 is 0 Å². The van der Waals surface area contributed by atoms with E-state index in [4.69, 9.17) is 12.2 Å². The summed E-state index contributed by atoms with van der Waals surface area (Å²) in [6.07, 6.45) is 4.46. The number of para-hydroxylation sites is 1. The molecular formula is C14H22N2S2. The fraction of sp³-hybridized carbons (Fsp3) is 0.500. The SMILES string of the molecule is CCC(CC)(CNC(=S)Nc1ccccc1)SC. The molecule has 2 N–H and O–H groups in total. The van der Waals surface area contributed by atoms with Crippen molar-refractivity contribution in [3.05, 3.63) is 30.3 Å². The maximum atomic E-state index is 5.32. The van der Waals surface area contributed by atoms with Crippen molar-refractivity contribution in [3.8, 4) is 0 Å². The first-order valence-corrected chi connectivity index (χ1v) is 7.94. The summed E-state index contributed by atoms with van der Waals surface area (Å²) in [5, 5.41) is 7.22. The number of hydrogen-bond acceptors (Lipinski definition) is 2. The summed E-state index contributed by atoms with van der Waals surface area (Å²) in [5.41, 5.74) is 1.03. The van der Waals surface area contributed by atoms with Crippen molar-refractivity contribution in [1.29, 1.82) is 0 Å². The second-order valence-corrected chi connectivity index (χ2v) is 5.95. The normalized spacial score (nSPS) is 11.1. The molecule has 0 aromatic heterocycles. The minimum Gasteiger partial charge on any atom is -0.361 e. The molecule has 0 atom stereocenters. The predicted octanol–water partition coefficient (Wildman–Crippen LogP) is 3.89. The van der Waals surface area contributed by atoms with E-state index in [-0.39, 0.29) is 4.75 Å². The summed E-state index contributed by atoms with van der Waals surface area (Å²) >= 11 is 7.23. The Morgan fingerprint density at radius 3 is 2.33 bits per heavy atom. The molecule has 0 unspecified atom stereocenters. The Morgan fingerprint density at radius 2 is 1.83 bits per heavy atom. The molecule has 0 saturated carbocycles. The lowest BCUT2D eigenvalue weighted by molar-refractivity contribution is 0.538. The molecule has 18 heavy (non-hydrogen) atoms. The van der Waals surface area contributed by atoms with Gasteiger partial charge in [0.2, 0.25) is 0 Å². The number of thiocarbonyl (C=S) groups is 1. The van der Waals surface area contributed by atoms with E-state index in [1.165, 1.54) is 0 Å². The Balaban J connectivity index is 2.46. The second-order valence-electron chi connectivity index (χ2n) is 4.27. The van der Waals surface area contributed by atoms with E-state index in [0.29, 0.717) is 5.11 Å². The monoisotopic (exact) mass is 282 g/mol. The van der Waals surface area contributed by atoms with Crippen LogP contribution in [0, 0.1) is 0 Å². The summed E-state index contributed by atoms with van der Waals surface area (Å²) in [5.74, 6) is 0. The molecule has 1 aromatic carbocycles. The Kier molecular flexibility index (Phi) is 6.50. The smallest absolute Gasteiger partial charge is 0.170 e. The van der Waals surface area contributed by atoms with Gasteiger partial charge in [0.05, 0.1) is 0 Å². The number of nitrogens with one attached hydrogen (secondary N) is 2. The first kappa shape index (κ1) is 15.3. The third-order valence-electron chi connectivity index (χ3n) is 3.32. The summed E-state index contributed by atoms with van der Waals surface area (Å²) in [6, 6.07) is 10.0. The van der Waals surface area contributed by atoms with Crippen LogP contribution in [0.4, 0.5) is 5.69 Å². The van der Waals surface area contributed by atoms with Crippen molar-refractivity contribution in [2.45, 2.75) is 31.4 Å².